The van der Waals surface area contributed by atoms with Crippen LogP contribution in [-0.4, -0.2) is 39.9 Å². The Bertz CT molecular complexity index is 1350. The minimum absolute atomic E-state index is 0.318. The van der Waals surface area contributed by atoms with Gasteiger partial charge in [0, 0.05) is 9.50 Å². The lowest BCUT2D eigenvalue weighted by Crippen LogP contribution is -2.39. The van der Waals surface area contributed by atoms with Crippen molar-refractivity contribution < 1.29 is 22.7 Å². The molecule has 0 unspecified atom stereocenters. The third-order valence-corrected chi connectivity index (χ3v) is 6.79. The minimum Gasteiger partial charge on any atom is -0.490 e. The van der Waals surface area contributed by atoms with Gasteiger partial charge in [-0.05, 0) is 76.4 Å². The predicted molar refractivity (Wildman–Crippen MR) is 145 cm³/mol. The highest BCUT2D eigenvalue weighted by Gasteiger charge is 2.22. The topological polar surface area (TPSA) is 97.3 Å². The molecular weight excluding hydrogens is 570 g/mol. The molecule has 0 radical (unpaired) electrons. The van der Waals surface area contributed by atoms with Gasteiger partial charge in [-0.15, -0.1) is 0 Å². The summed E-state index contributed by atoms with van der Waals surface area (Å²) in [5, 5.41) is 4.59. The number of halogens is 2. The number of rotatable bonds is 11. The molecule has 1 amide bonds. The van der Waals surface area contributed by atoms with Crippen molar-refractivity contribution in [1.82, 2.24) is 5.43 Å². The standard InChI is InChI=1S/C25H25BrClN3O5S/c1-3-34-24-14-18(11-12-23(24)35-17-19-7-6-8-20(27)13-19)15-28-29-25(31)16-30(36(2,32)33)22-10-5-4-9-21(22)26/h4-15H,3,16-17H2,1-2H3,(H,29,31)/b28-15-. The average Bonchev–Trinajstić information content (AvgIpc) is 2.82. The van der Waals surface area contributed by atoms with E-state index >= 15 is 0 Å². The zero-order valence-electron chi connectivity index (χ0n) is 19.6. The summed E-state index contributed by atoms with van der Waals surface area (Å²) in [5.74, 6) is 0.473. The van der Waals surface area contributed by atoms with Gasteiger partial charge >= 0.3 is 0 Å². The van der Waals surface area contributed by atoms with E-state index in [1.54, 1.807) is 48.5 Å². The first-order chi connectivity index (χ1) is 17.2. The molecule has 190 valence electrons. The number of nitrogens with zero attached hydrogens (tertiary/aromatic N) is 2. The number of ether oxygens (including phenoxy) is 2. The molecule has 36 heavy (non-hydrogen) atoms. The van der Waals surface area contributed by atoms with E-state index in [0.29, 0.717) is 45.5 Å². The van der Waals surface area contributed by atoms with Crippen molar-refractivity contribution in [2.24, 2.45) is 5.10 Å². The van der Waals surface area contributed by atoms with E-state index in [4.69, 9.17) is 21.1 Å². The monoisotopic (exact) mass is 593 g/mol. The summed E-state index contributed by atoms with van der Waals surface area (Å²) in [4.78, 5) is 12.4. The molecule has 1 N–H and O–H groups in total. The lowest BCUT2D eigenvalue weighted by molar-refractivity contribution is -0.119. The second-order valence-electron chi connectivity index (χ2n) is 7.57. The molecule has 0 spiro atoms. The van der Waals surface area contributed by atoms with Crippen LogP contribution in [0.5, 0.6) is 11.5 Å². The van der Waals surface area contributed by atoms with Crippen LogP contribution in [0, 0.1) is 0 Å². The van der Waals surface area contributed by atoms with Crippen LogP contribution < -0.4 is 19.2 Å². The van der Waals surface area contributed by atoms with Crippen molar-refractivity contribution in [3.05, 3.63) is 87.4 Å². The average molecular weight is 595 g/mol. The number of nitrogens with one attached hydrogen (secondary N) is 1. The number of benzene rings is 3. The second kappa shape index (κ2) is 12.8. The Balaban J connectivity index is 1.66. The molecule has 0 saturated carbocycles. The second-order valence-corrected chi connectivity index (χ2v) is 10.8. The van der Waals surface area contributed by atoms with Gasteiger partial charge in [-0.25, -0.2) is 13.8 Å². The molecule has 11 heteroatoms. The Morgan fingerprint density at radius 3 is 2.56 bits per heavy atom. The molecule has 3 rings (SSSR count). The van der Waals surface area contributed by atoms with Crippen LogP contribution in [0.25, 0.3) is 0 Å². The normalized spacial score (nSPS) is 11.3. The molecule has 0 saturated heterocycles. The number of carbonyl (C=O) groups is 1. The SMILES string of the molecule is CCOc1cc(/C=N\NC(=O)CN(c2ccccc2Br)S(C)(=O)=O)ccc1OCc1cccc(Cl)c1. The van der Waals surface area contributed by atoms with Gasteiger partial charge in [-0.2, -0.15) is 5.10 Å². The van der Waals surface area contributed by atoms with Gasteiger partial charge in [-0.3, -0.25) is 9.10 Å². The van der Waals surface area contributed by atoms with Gasteiger partial charge in [0.05, 0.1) is 24.8 Å². The van der Waals surface area contributed by atoms with Crippen LogP contribution in [0.4, 0.5) is 5.69 Å². The lowest BCUT2D eigenvalue weighted by Gasteiger charge is -2.22. The highest BCUT2D eigenvalue weighted by Crippen LogP contribution is 2.29. The summed E-state index contributed by atoms with van der Waals surface area (Å²) in [5.41, 5.74) is 4.29. The van der Waals surface area contributed by atoms with Gasteiger partial charge in [0.2, 0.25) is 10.0 Å². The number of amides is 1. The van der Waals surface area contributed by atoms with Crippen molar-refractivity contribution in [1.29, 1.82) is 0 Å². The van der Waals surface area contributed by atoms with Crippen molar-refractivity contribution in [2.75, 3.05) is 23.7 Å². The van der Waals surface area contributed by atoms with Gasteiger partial charge < -0.3 is 9.47 Å². The molecule has 0 atom stereocenters. The third-order valence-electron chi connectivity index (χ3n) is 4.76. The van der Waals surface area contributed by atoms with Crippen LogP contribution in [0.2, 0.25) is 5.02 Å². The smallest absolute Gasteiger partial charge is 0.260 e. The maximum Gasteiger partial charge on any atom is 0.260 e. The van der Waals surface area contributed by atoms with E-state index in [-0.39, 0.29) is 0 Å². The van der Waals surface area contributed by atoms with Crippen molar-refractivity contribution in [3.63, 3.8) is 0 Å². The number of carbonyl (C=O) groups excluding carboxylic acids is 1. The number of hydrogen-bond acceptors (Lipinski definition) is 6. The van der Waals surface area contributed by atoms with Gasteiger partial charge in [-0.1, -0.05) is 35.9 Å². The quantitative estimate of drug-likeness (QED) is 0.249. The zero-order valence-corrected chi connectivity index (χ0v) is 22.8. The van der Waals surface area contributed by atoms with E-state index in [2.05, 4.69) is 26.5 Å². The molecule has 8 nitrogen and oxygen atoms in total. The van der Waals surface area contributed by atoms with Gasteiger partial charge in [0.1, 0.15) is 13.2 Å². The maximum atomic E-state index is 12.4. The third kappa shape index (κ3) is 7.97. The number of para-hydroxylation sites is 1. The highest BCUT2D eigenvalue weighted by atomic mass is 79.9. The molecule has 0 heterocycles. The number of hydrogen-bond donors (Lipinski definition) is 1. The van der Waals surface area contributed by atoms with Crippen LogP contribution in [0.15, 0.2) is 76.3 Å². The Hall–Kier alpha value is -3.08. The highest BCUT2D eigenvalue weighted by molar-refractivity contribution is 9.10. The summed E-state index contributed by atoms with van der Waals surface area (Å²) in [6.45, 7) is 2.18. The Kier molecular flexibility index (Phi) is 9.74. The first kappa shape index (κ1) is 27.5. The molecule has 0 aliphatic carbocycles. The van der Waals surface area contributed by atoms with E-state index in [9.17, 15) is 13.2 Å². The Morgan fingerprint density at radius 1 is 1.08 bits per heavy atom. The van der Waals surface area contributed by atoms with Gasteiger partial charge in [0.25, 0.3) is 5.91 Å². The van der Waals surface area contributed by atoms with Crippen molar-refractivity contribution in [2.45, 2.75) is 13.5 Å². The summed E-state index contributed by atoms with van der Waals surface area (Å²) >= 11 is 9.35. The molecule has 0 fully saturated rings. The van der Waals surface area contributed by atoms with Crippen LogP contribution in [0.3, 0.4) is 0 Å². The van der Waals surface area contributed by atoms with Gasteiger partial charge in [0.15, 0.2) is 11.5 Å². The summed E-state index contributed by atoms with van der Waals surface area (Å²) in [6.07, 6.45) is 2.47. The van der Waals surface area contributed by atoms with Crippen LogP contribution >= 0.6 is 27.5 Å². The lowest BCUT2D eigenvalue weighted by atomic mass is 10.2. The first-order valence-corrected chi connectivity index (χ1v) is 13.9. The Labute approximate surface area is 224 Å². The molecule has 0 bridgehead atoms. The zero-order chi connectivity index (χ0) is 26.1. The Morgan fingerprint density at radius 2 is 1.86 bits per heavy atom. The number of hydrazone groups is 1. The largest absolute Gasteiger partial charge is 0.490 e. The molecule has 3 aromatic rings. The van der Waals surface area contributed by atoms with Crippen molar-refractivity contribution >= 4 is 55.4 Å². The fraction of sp³-hybridized carbons (Fsp3) is 0.200. The van der Waals surface area contributed by atoms with E-state index in [0.717, 1.165) is 16.1 Å². The minimum atomic E-state index is -3.70. The fourth-order valence-electron chi connectivity index (χ4n) is 3.16. The van der Waals surface area contributed by atoms with Crippen LogP contribution in [0.1, 0.15) is 18.1 Å². The summed E-state index contributed by atoms with van der Waals surface area (Å²) in [7, 11) is -3.70. The maximum absolute atomic E-state index is 12.4. The number of anilines is 1. The summed E-state index contributed by atoms with van der Waals surface area (Å²) < 4.78 is 37.7. The predicted octanol–water partition coefficient (Wildman–Crippen LogP) is 5.00. The van der Waals surface area contributed by atoms with E-state index in [1.165, 1.54) is 6.21 Å². The molecule has 0 aromatic heterocycles. The number of sulfonamides is 1. The fourth-order valence-corrected chi connectivity index (χ4v) is 4.86. The summed E-state index contributed by atoms with van der Waals surface area (Å²) in [6, 6.07) is 19.4. The van der Waals surface area contributed by atoms with E-state index < -0.39 is 22.5 Å². The molecule has 3 aromatic carbocycles. The molecular formula is C25H25BrClN3O5S. The molecule has 0 aliphatic heterocycles. The molecule has 0 aliphatic rings. The van der Waals surface area contributed by atoms with Crippen LogP contribution in [-0.2, 0) is 21.4 Å². The van der Waals surface area contributed by atoms with Crippen molar-refractivity contribution in [3.8, 4) is 11.5 Å². The first-order valence-electron chi connectivity index (χ1n) is 10.9. The van der Waals surface area contributed by atoms with E-state index in [1.807, 2.05) is 25.1 Å².